The highest BCUT2D eigenvalue weighted by Crippen LogP contribution is 2.23. The third-order valence-corrected chi connectivity index (χ3v) is 3.10. The number of nitrogens with one attached hydrogen (secondary N) is 1. The lowest BCUT2D eigenvalue weighted by atomic mass is 10.2. The first-order chi connectivity index (χ1) is 8.86. The van der Waals surface area contributed by atoms with Gasteiger partial charge in [-0.2, -0.15) is 4.98 Å². The smallest absolute Gasteiger partial charge is 0.294 e. The van der Waals surface area contributed by atoms with E-state index in [1.807, 2.05) is 13.0 Å². The van der Waals surface area contributed by atoms with Crippen molar-refractivity contribution in [1.29, 1.82) is 0 Å². The van der Waals surface area contributed by atoms with Gasteiger partial charge < -0.3 is 19.4 Å². The van der Waals surface area contributed by atoms with Crippen molar-refractivity contribution in [2.45, 2.75) is 6.92 Å². The van der Waals surface area contributed by atoms with Gasteiger partial charge in [-0.05, 0) is 25.1 Å². The molecule has 1 aliphatic heterocycles. The van der Waals surface area contributed by atoms with Crippen molar-refractivity contribution in [3.05, 3.63) is 18.2 Å². The summed E-state index contributed by atoms with van der Waals surface area (Å²) in [6.07, 6.45) is 0. The lowest BCUT2D eigenvalue weighted by molar-refractivity contribution is 0.122. The number of benzene rings is 1. The first-order valence-electron chi connectivity index (χ1n) is 6.32. The minimum absolute atomic E-state index is 0.589. The molecule has 18 heavy (non-hydrogen) atoms. The Morgan fingerprint density at radius 3 is 3.00 bits per heavy atom. The van der Waals surface area contributed by atoms with E-state index < -0.39 is 0 Å². The van der Waals surface area contributed by atoms with Crippen molar-refractivity contribution in [3.8, 4) is 6.01 Å². The molecule has 1 aromatic heterocycles. The molecule has 0 aliphatic carbocycles. The summed E-state index contributed by atoms with van der Waals surface area (Å²) < 4.78 is 10.7. The maximum atomic E-state index is 5.38. The number of imidazole rings is 1. The number of H-pyrrole nitrogens is 1. The molecule has 0 bridgehead atoms. The number of rotatable bonds is 3. The molecule has 1 aliphatic rings. The molecule has 5 nitrogen and oxygen atoms in total. The minimum atomic E-state index is 0.589. The van der Waals surface area contributed by atoms with Crippen LogP contribution in [0.5, 0.6) is 6.01 Å². The van der Waals surface area contributed by atoms with Crippen LogP contribution in [0.25, 0.3) is 11.0 Å². The molecule has 2 heterocycles. The maximum Gasteiger partial charge on any atom is 0.294 e. The molecule has 1 aromatic carbocycles. The second kappa shape index (κ2) is 4.86. The zero-order chi connectivity index (χ0) is 12.4. The molecule has 0 radical (unpaired) electrons. The normalized spacial score (nSPS) is 16.2. The summed E-state index contributed by atoms with van der Waals surface area (Å²) in [4.78, 5) is 9.88. The van der Waals surface area contributed by atoms with E-state index in [1.165, 1.54) is 5.69 Å². The van der Waals surface area contributed by atoms with Gasteiger partial charge in [0.2, 0.25) is 0 Å². The van der Waals surface area contributed by atoms with Crippen molar-refractivity contribution in [3.63, 3.8) is 0 Å². The fraction of sp³-hybridized carbons (Fsp3) is 0.462. The topological polar surface area (TPSA) is 50.4 Å². The lowest BCUT2D eigenvalue weighted by Gasteiger charge is -2.28. The molecule has 5 heteroatoms. The predicted octanol–water partition coefficient (Wildman–Crippen LogP) is 1.80. The van der Waals surface area contributed by atoms with Gasteiger partial charge >= 0.3 is 0 Å². The van der Waals surface area contributed by atoms with Gasteiger partial charge in [-0.25, -0.2) is 0 Å². The van der Waals surface area contributed by atoms with Crippen molar-refractivity contribution in [2.24, 2.45) is 0 Å². The lowest BCUT2D eigenvalue weighted by Crippen LogP contribution is -2.36. The standard InChI is InChI=1S/C13H17N3O2/c1-2-18-13-14-11-4-3-10(9-12(11)15-13)16-5-7-17-8-6-16/h3-4,9H,2,5-8H2,1H3,(H,14,15). The van der Waals surface area contributed by atoms with Crippen LogP contribution in [0.4, 0.5) is 5.69 Å². The summed E-state index contributed by atoms with van der Waals surface area (Å²) in [7, 11) is 0. The summed E-state index contributed by atoms with van der Waals surface area (Å²) in [5.41, 5.74) is 3.16. The Bertz CT molecular complexity index is 532. The summed E-state index contributed by atoms with van der Waals surface area (Å²) in [6, 6.07) is 6.84. The number of hydrogen-bond acceptors (Lipinski definition) is 4. The average Bonchev–Trinajstić information content (AvgIpc) is 2.81. The zero-order valence-corrected chi connectivity index (χ0v) is 10.5. The molecule has 0 unspecified atom stereocenters. The van der Waals surface area contributed by atoms with Gasteiger partial charge in [0, 0.05) is 18.8 Å². The molecule has 96 valence electrons. The van der Waals surface area contributed by atoms with Crippen LogP contribution in [0.2, 0.25) is 0 Å². The van der Waals surface area contributed by atoms with Crippen LogP contribution >= 0.6 is 0 Å². The highest BCUT2D eigenvalue weighted by atomic mass is 16.5. The van der Waals surface area contributed by atoms with E-state index in [9.17, 15) is 0 Å². The Balaban J connectivity index is 1.89. The van der Waals surface area contributed by atoms with Gasteiger partial charge in [-0.1, -0.05) is 0 Å². The molecule has 1 fully saturated rings. The van der Waals surface area contributed by atoms with Gasteiger partial charge in [0.05, 0.1) is 30.9 Å². The number of ether oxygens (including phenoxy) is 2. The number of morpholine rings is 1. The van der Waals surface area contributed by atoms with Crippen LogP contribution in [-0.2, 0) is 4.74 Å². The van der Waals surface area contributed by atoms with Crippen LogP contribution < -0.4 is 9.64 Å². The van der Waals surface area contributed by atoms with E-state index in [1.54, 1.807) is 0 Å². The van der Waals surface area contributed by atoms with Crippen LogP contribution in [0, 0.1) is 0 Å². The Labute approximate surface area is 106 Å². The first-order valence-corrected chi connectivity index (χ1v) is 6.32. The molecular weight excluding hydrogens is 230 g/mol. The Morgan fingerprint density at radius 2 is 2.22 bits per heavy atom. The summed E-state index contributed by atoms with van der Waals surface area (Å²) in [6.45, 7) is 6.05. The fourth-order valence-corrected chi connectivity index (χ4v) is 2.20. The van der Waals surface area contributed by atoms with E-state index in [0.29, 0.717) is 12.6 Å². The Kier molecular flexibility index (Phi) is 3.06. The van der Waals surface area contributed by atoms with Crippen molar-refractivity contribution >= 4 is 16.7 Å². The van der Waals surface area contributed by atoms with E-state index in [4.69, 9.17) is 9.47 Å². The number of nitrogens with zero attached hydrogens (tertiary/aromatic N) is 2. The van der Waals surface area contributed by atoms with Gasteiger partial charge in [-0.15, -0.1) is 0 Å². The molecule has 2 aromatic rings. The highest BCUT2D eigenvalue weighted by molar-refractivity contribution is 5.80. The third-order valence-electron chi connectivity index (χ3n) is 3.10. The largest absolute Gasteiger partial charge is 0.465 e. The number of aromatic nitrogens is 2. The predicted molar refractivity (Wildman–Crippen MR) is 70.3 cm³/mol. The molecule has 3 rings (SSSR count). The van der Waals surface area contributed by atoms with Crippen LogP contribution in [-0.4, -0.2) is 42.9 Å². The monoisotopic (exact) mass is 247 g/mol. The summed E-state index contributed by atoms with van der Waals surface area (Å²) >= 11 is 0. The van der Waals surface area contributed by atoms with Crippen molar-refractivity contribution in [2.75, 3.05) is 37.8 Å². The average molecular weight is 247 g/mol. The van der Waals surface area contributed by atoms with E-state index >= 15 is 0 Å². The second-order valence-electron chi connectivity index (χ2n) is 4.28. The van der Waals surface area contributed by atoms with Crippen molar-refractivity contribution < 1.29 is 9.47 Å². The number of hydrogen-bond donors (Lipinski definition) is 1. The maximum absolute atomic E-state index is 5.38. The Morgan fingerprint density at radius 1 is 1.39 bits per heavy atom. The number of aromatic amines is 1. The molecule has 0 spiro atoms. The van der Waals surface area contributed by atoms with Crippen LogP contribution in [0.15, 0.2) is 18.2 Å². The van der Waals surface area contributed by atoms with Crippen LogP contribution in [0.3, 0.4) is 0 Å². The molecule has 0 atom stereocenters. The SMILES string of the molecule is CCOc1nc2ccc(N3CCOCC3)cc2[nH]1. The molecule has 1 N–H and O–H groups in total. The van der Waals surface area contributed by atoms with E-state index in [2.05, 4.69) is 27.0 Å². The highest BCUT2D eigenvalue weighted by Gasteiger charge is 2.12. The molecular formula is C13H17N3O2. The number of fused-ring (bicyclic) bond motifs is 1. The van der Waals surface area contributed by atoms with Gasteiger partial charge in [0.15, 0.2) is 0 Å². The minimum Gasteiger partial charge on any atom is -0.465 e. The zero-order valence-electron chi connectivity index (χ0n) is 10.5. The Hall–Kier alpha value is -1.75. The van der Waals surface area contributed by atoms with Gasteiger partial charge in [-0.3, -0.25) is 0 Å². The van der Waals surface area contributed by atoms with E-state index in [0.717, 1.165) is 37.3 Å². The van der Waals surface area contributed by atoms with E-state index in [-0.39, 0.29) is 0 Å². The first kappa shape index (κ1) is 11.3. The third kappa shape index (κ3) is 2.13. The molecule has 0 saturated carbocycles. The van der Waals surface area contributed by atoms with Crippen LogP contribution in [0.1, 0.15) is 6.92 Å². The van der Waals surface area contributed by atoms with Gasteiger partial charge in [0.1, 0.15) is 0 Å². The molecule has 0 amide bonds. The molecule has 1 saturated heterocycles. The van der Waals surface area contributed by atoms with Crippen molar-refractivity contribution in [1.82, 2.24) is 9.97 Å². The summed E-state index contributed by atoms with van der Waals surface area (Å²) in [5.74, 6) is 0. The van der Waals surface area contributed by atoms with Gasteiger partial charge in [0.25, 0.3) is 6.01 Å². The summed E-state index contributed by atoms with van der Waals surface area (Å²) in [5, 5.41) is 0. The fourth-order valence-electron chi connectivity index (χ4n) is 2.20. The quantitative estimate of drug-likeness (QED) is 0.898. The second-order valence-corrected chi connectivity index (χ2v) is 4.28. The number of anilines is 1.